The summed E-state index contributed by atoms with van der Waals surface area (Å²) in [6, 6.07) is 8.85. The molecule has 24 heavy (non-hydrogen) atoms. The van der Waals surface area contributed by atoms with Gasteiger partial charge in [0.1, 0.15) is 11.4 Å². The first-order valence-corrected chi connectivity index (χ1v) is 7.79. The number of nitrogens with one attached hydrogen (secondary N) is 2. The van der Waals surface area contributed by atoms with E-state index >= 15 is 0 Å². The van der Waals surface area contributed by atoms with Crippen molar-refractivity contribution >= 4 is 17.5 Å². The standard InChI is InChI=1S/C18H19N3O3/c1-11-3-6-16(24-2)14(9-11)21-17(22)12-7-8-19-15(10-12)18(23)20-13-4-5-13/h3,6-10,13H,4-5H2,1-2H3,(H,20,23)(H,21,22). The predicted molar refractivity (Wildman–Crippen MR) is 90.4 cm³/mol. The van der Waals surface area contributed by atoms with Crippen LogP contribution in [-0.2, 0) is 0 Å². The third kappa shape index (κ3) is 3.71. The van der Waals surface area contributed by atoms with Crippen LogP contribution in [0.2, 0.25) is 0 Å². The van der Waals surface area contributed by atoms with E-state index in [0.717, 1.165) is 18.4 Å². The third-order valence-electron chi connectivity index (χ3n) is 3.77. The van der Waals surface area contributed by atoms with Crippen molar-refractivity contribution in [3.63, 3.8) is 0 Å². The highest BCUT2D eigenvalue weighted by atomic mass is 16.5. The molecular weight excluding hydrogens is 306 g/mol. The van der Waals surface area contributed by atoms with Crippen LogP contribution in [0.5, 0.6) is 5.75 Å². The van der Waals surface area contributed by atoms with Gasteiger partial charge in [0.15, 0.2) is 0 Å². The molecule has 1 fully saturated rings. The van der Waals surface area contributed by atoms with Gasteiger partial charge in [-0.2, -0.15) is 0 Å². The lowest BCUT2D eigenvalue weighted by molar-refractivity contribution is 0.0946. The summed E-state index contributed by atoms with van der Waals surface area (Å²) >= 11 is 0. The number of benzene rings is 1. The number of aromatic nitrogens is 1. The highest BCUT2D eigenvalue weighted by Crippen LogP contribution is 2.25. The van der Waals surface area contributed by atoms with E-state index in [1.807, 2.05) is 19.1 Å². The van der Waals surface area contributed by atoms with Crippen LogP contribution in [0, 0.1) is 6.92 Å². The normalized spacial score (nSPS) is 13.2. The number of amides is 2. The molecule has 1 aliphatic rings. The number of methoxy groups -OCH3 is 1. The van der Waals surface area contributed by atoms with Gasteiger partial charge in [0.25, 0.3) is 11.8 Å². The average molecular weight is 325 g/mol. The van der Waals surface area contributed by atoms with E-state index < -0.39 is 0 Å². The van der Waals surface area contributed by atoms with Crippen molar-refractivity contribution in [2.75, 3.05) is 12.4 Å². The topological polar surface area (TPSA) is 80.3 Å². The first-order valence-electron chi connectivity index (χ1n) is 7.79. The van der Waals surface area contributed by atoms with Gasteiger partial charge in [-0.1, -0.05) is 6.07 Å². The second kappa shape index (κ2) is 6.70. The summed E-state index contributed by atoms with van der Waals surface area (Å²) in [7, 11) is 1.55. The van der Waals surface area contributed by atoms with Crippen molar-refractivity contribution in [1.82, 2.24) is 10.3 Å². The van der Waals surface area contributed by atoms with E-state index in [9.17, 15) is 9.59 Å². The molecule has 3 rings (SSSR count). The number of pyridine rings is 1. The maximum absolute atomic E-state index is 12.5. The lowest BCUT2D eigenvalue weighted by Crippen LogP contribution is -2.26. The number of rotatable bonds is 5. The molecule has 2 N–H and O–H groups in total. The third-order valence-corrected chi connectivity index (χ3v) is 3.77. The molecule has 2 aromatic rings. The number of hydrogen-bond acceptors (Lipinski definition) is 4. The monoisotopic (exact) mass is 325 g/mol. The van der Waals surface area contributed by atoms with Gasteiger partial charge in [-0.05, 0) is 49.6 Å². The molecule has 0 atom stereocenters. The second-order valence-corrected chi connectivity index (χ2v) is 5.84. The molecule has 124 valence electrons. The average Bonchev–Trinajstić information content (AvgIpc) is 3.39. The highest BCUT2D eigenvalue weighted by molar-refractivity contribution is 6.06. The molecule has 6 nitrogen and oxygen atoms in total. The summed E-state index contributed by atoms with van der Waals surface area (Å²) < 4.78 is 5.26. The molecule has 6 heteroatoms. The lowest BCUT2D eigenvalue weighted by atomic mass is 10.1. The molecule has 0 saturated heterocycles. The van der Waals surface area contributed by atoms with Gasteiger partial charge in [0, 0.05) is 17.8 Å². The minimum absolute atomic E-state index is 0.241. The molecule has 2 amide bonds. The Bertz CT molecular complexity index is 785. The minimum atomic E-state index is -0.318. The van der Waals surface area contributed by atoms with Crippen LogP contribution in [-0.4, -0.2) is 29.9 Å². The summed E-state index contributed by atoms with van der Waals surface area (Å²) in [5.41, 5.74) is 2.20. The van der Waals surface area contributed by atoms with Gasteiger partial charge in [0.05, 0.1) is 12.8 Å². The molecule has 0 radical (unpaired) electrons. The van der Waals surface area contributed by atoms with Crippen LogP contribution < -0.4 is 15.4 Å². The summed E-state index contributed by atoms with van der Waals surface area (Å²) in [5, 5.41) is 5.67. The van der Waals surface area contributed by atoms with Crippen LogP contribution in [0.4, 0.5) is 5.69 Å². The fraction of sp³-hybridized carbons (Fsp3) is 0.278. The summed E-state index contributed by atoms with van der Waals surface area (Å²) in [6.45, 7) is 1.93. The van der Waals surface area contributed by atoms with Gasteiger partial charge in [0.2, 0.25) is 0 Å². The lowest BCUT2D eigenvalue weighted by Gasteiger charge is -2.11. The predicted octanol–water partition coefficient (Wildman–Crippen LogP) is 2.54. The zero-order chi connectivity index (χ0) is 17.1. The Balaban J connectivity index is 1.77. The first-order chi connectivity index (χ1) is 11.6. The quantitative estimate of drug-likeness (QED) is 0.885. The Kier molecular flexibility index (Phi) is 4.46. The molecule has 1 aromatic heterocycles. The van der Waals surface area contributed by atoms with E-state index in [4.69, 9.17) is 4.74 Å². The van der Waals surface area contributed by atoms with Crippen LogP contribution in [0.15, 0.2) is 36.5 Å². The zero-order valence-corrected chi connectivity index (χ0v) is 13.6. The Morgan fingerprint density at radius 1 is 1.17 bits per heavy atom. The number of carbonyl (C=O) groups is 2. The number of ether oxygens (including phenoxy) is 1. The van der Waals surface area contributed by atoms with Gasteiger partial charge in [-0.25, -0.2) is 0 Å². The largest absolute Gasteiger partial charge is 0.495 e. The Labute approximate surface area is 140 Å². The van der Waals surface area contributed by atoms with Gasteiger partial charge in [-0.3, -0.25) is 14.6 Å². The number of carbonyl (C=O) groups excluding carboxylic acids is 2. The van der Waals surface area contributed by atoms with Crippen LogP contribution in [0.1, 0.15) is 39.3 Å². The molecule has 0 bridgehead atoms. The molecule has 1 heterocycles. The Hall–Kier alpha value is -2.89. The summed E-state index contributed by atoms with van der Waals surface area (Å²) in [6.07, 6.45) is 3.46. The maximum Gasteiger partial charge on any atom is 0.270 e. The highest BCUT2D eigenvalue weighted by Gasteiger charge is 2.24. The van der Waals surface area contributed by atoms with E-state index in [2.05, 4.69) is 15.6 Å². The van der Waals surface area contributed by atoms with Gasteiger partial charge < -0.3 is 15.4 Å². The molecular formula is C18H19N3O3. The van der Waals surface area contributed by atoms with Crippen LogP contribution in [0.25, 0.3) is 0 Å². The van der Waals surface area contributed by atoms with Crippen molar-refractivity contribution in [2.24, 2.45) is 0 Å². The summed E-state index contributed by atoms with van der Waals surface area (Å²) in [5.74, 6) is 0.0109. The van der Waals surface area contributed by atoms with Crippen molar-refractivity contribution < 1.29 is 14.3 Å². The molecule has 0 spiro atoms. The van der Waals surface area contributed by atoms with Crippen molar-refractivity contribution in [2.45, 2.75) is 25.8 Å². The second-order valence-electron chi connectivity index (χ2n) is 5.84. The van der Waals surface area contributed by atoms with Crippen molar-refractivity contribution in [1.29, 1.82) is 0 Å². The molecule has 0 aliphatic heterocycles. The smallest absolute Gasteiger partial charge is 0.270 e. The van der Waals surface area contributed by atoms with Gasteiger partial charge >= 0.3 is 0 Å². The van der Waals surface area contributed by atoms with Crippen LogP contribution in [0.3, 0.4) is 0 Å². The van der Waals surface area contributed by atoms with E-state index in [1.54, 1.807) is 19.2 Å². The van der Waals surface area contributed by atoms with E-state index in [0.29, 0.717) is 17.0 Å². The number of anilines is 1. The molecule has 1 aliphatic carbocycles. The molecule has 1 aromatic carbocycles. The number of hydrogen-bond donors (Lipinski definition) is 2. The van der Waals surface area contributed by atoms with Gasteiger partial charge in [-0.15, -0.1) is 0 Å². The Morgan fingerprint density at radius 3 is 2.67 bits per heavy atom. The number of aryl methyl sites for hydroxylation is 1. The zero-order valence-electron chi connectivity index (χ0n) is 13.6. The van der Waals surface area contributed by atoms with E-state index in [-0.39, 0.29) is 23.6 Å². The fourth-order valence-corrected chi connectivity index (χ4v) is 2.30. The van der Waals surface area contributed by atoms with Crippen molar-refractivity contribution in [3.05, 3.63) is 53.3 Å². The minimum Gasteiger partial charge on any atom is -0.495 e. The number of nitrogens with zero attached hydrogens (tertiary/aromatic N) is 1. The molecule has 0 unspecified atom stereocenters. The van der Waals surface area contributed by atoms with Crippen molar-refractivity contribution in [3.8, 4) is 5.75 Å². The Morgan fingerprint density at radius 2 is 1.96 bits per heavy atom. The SMILES string of the molecule is COc1ccc(C)cc1NC(=O)c1ccnc(C(=O)NC2CC2)c1. The van der Waals surface area contributed by atoms with E-state index in [1.165, 1.54) is 12.3 Å². The first kappa shape index (κ1) is 16.0. The fourth-order valence-electron chi connectivity index (χ4n) is 2.30. The maximum atomic E-state index is 12.5. The molecule has 1 saturated carbocycles. The summed E-state index contributed by atoms with van der Waals surface area (Å²) in [4.78, 5) is 28.6. The van der Waals surface area contributed by atoms with Crippen LogP contribution >= 0.6 is 0 Å².